The Bertz CT molecular complexity index is 1310. The summed E-state index contributed by atoms with van der Waals surface area (Å²) in [5.74, 6) is 1.75. The predicted molar refractivity (Wildman–Crippen MR) is 123 cm³/mol. The third kappa shape index (κ3) is 4.83. The van der Waals surface area contributed by atoms with Gasteiger partial charge < -0.3 is 10.5 Å². The summed E-state index contributed by atoms with van der Waals surface area (Å²) in [6.45, 7) is 0.825. The summed E-state index contributed by atoms with van der Waals surface area (Å²) < 4.78 is 9.09. The zero-order valence-electron chi connectivity index (χ0n) is 18.3. The van der Waals surface area contributed by atoms with Crippen LogP contribution in [0, 0.1) is 5.92 Å². The summed E-state index contributed by atoms with van der Waals surface area (Å²) in [4.78, 5) is 21.3. The third-order valence-corrected chi connectivity index (χ3v) is 5.68. The number of nitrogens with two attached hydrogens (primary N) is 1. The first-order valence-corrected chi connectivity index (χ1v) is 10.9. The maximum Gasteiger partial charge on any atom is 0.267 e. The summed E-state index contributed by atoms with van der Waals surface area (Å²) in [7, 11) is 1.84. The number of benzene rings is 1. The molecule has 9 nitrogen and oxygen atoms in total. The minimum Gasteiger partial charge on any atom is -0.486 e. The van der Waals surface area contributed by atoms with Gasteiger partial charge in [0.15, 0.2) is 11.6 Å². The molecule has 1 fully saturated rings. The summed E-state index contributed by atoms with van der Waals surface area (Å²) in [6.07, 6.45) is 9.31. The number of hydrogen-bond acceptors (Lipinski definition) is 7. The summed E-state index contributed by atoms with van der Waals surface area (Å²) in [5, 5.41) is 8.69. The van der Waals surface area contributed by atoms with E-state index < -0.39 is 0 Å². The number of rotatable bonds is 8. The van der Waals surface area contributed by atoms with Gasteiger partial charge in [-0.05, 0) is 36.5 Å². The first-order valence-electron chi connectivity index (χ1n) is 10.9. The molecule has 33 heavy (non-hydrogen) atoms. The van der Waals surface area contributed by atoms with Gasteiger partial charge in [-0.25, -0.2) is 14.6 Å². The lowest BCUT2D eigenvalue weighted by atomic mass is 10.1. The van der Waals surface area contributed by atoms with E-state index in [4.69, 9.17) is 10.5 Å². The van der Waals surface area contributed by atoms with E-state index in [0.29, 0.717) is 36.3 Å². The van der Waals surface area contributed by atoms with Crippen LogP contribution in [0.1, 0.15) is 18.4 Å². The van der Waals surface area contributed by atoms with E-state index in [9.17, 15) is 4.79 Å². The van der Waals surface area contributed by atoms with Crippen LogP contribution in [-0.2, 0) is 13.6 Å². The third-order valence-electron chi connectivity index (χ3n) is 5.68. The molecule has 1 aliphatic carbocycles. The van der Waals surface area contributed by atoms with Crippen LogP contribution in [0.5, 0.6) is 5.75 Å². The summed E-state index contributed by atoms with van der Waals surface area (Å²) >= 11 is 0. The van der Waals surface area contributed by atoms with Crippen LogP contribution in [-0.4, -0.2) is 42.2 Å². The Labute approximate surface area is 190 Å². The lowest BCUT2D eigenvalue weighted by Crippen LogP contribution is -2.28. The molecule has 1 atom stereocenters. The standard InChI is InChI=1S/C24H25N7O2/c1-30-15-19(11-28-30)21-7-8-23(32)31(29-21)14-16-3-2-4-18(9-16)24-26-12-20(13-27-24)33-22(10-25)17-5-6-17/h2-4,7-9,11-13,15,17,22H,5-6,10,14,25H2,1H3. The maximum atomic E-state index is 12.4. The Kier molecular flexibility index (Phi) is 5.70. The van der Waals surface area contributed by atoms with Crippen LogP contribution in [0.3, 0.4) is 0 Å². The average Bonchev–Trinajstić information content (AvgIpc) is 3.59. The minimum atomic E-state index is -0.170. The minimum absolute atomic E-state index is 0.0241. The Hall–Kier alpha value is -3.85. The molecule has 2 N–H and O–H groups in total. The van der Waals surface area contributed by atoms with Gasteiger partial charge in [-0.2, -0.15) is 10.2 Å². The fraction of sp³-hybridized carbons (Fsp3) is 0.292. The molecule has 0 spiro atoms. The molecule has 1 aliphatic rings. The number of nitrogens with zero attached hydrogens (tertiary/aromatic N) is 6. The van der Waals surface area contributed by atoms with Crippen molar-refractivity contribution in [3.8, 4) is 28.4 Å². The molecule has 3 heterocycles. The second-order valence-corrected chi connectivity index (χ2v) is 8.29. The van der Waals surface area contributed by atoms with Crippen molar-refractivity contribution in [1.82, 2.24) is 29.5 Å². The van der Waals surface area contributed by atoms with Crippen molar-refractivity contribution in [3.63, 3.8) is 0 Å². The van der Waals surface area contributed by atoms with Crippen molar-refractivity contribution >= 4 is 0 Å². The predicted octanol–water partition coefficient (Wildman–Crippen LogP) is 2.27. The monoisotopic (exact) mass is 443 g/mol. The SMILES string of the molecule is Cn1cc(-c2ccc(=O)n(Cc3cccc(-c4ncc(OC(CN)C5CC5)cn4)c3)n2)cn1. The lowest BCUT2D eigenvalue weighted by molar-refractivity contribution is 0.185. The van der Waals surface area contributed by atoms with Crippen molar-refractivity contribution in [1.29, 1.82) is 0 Å². The van der Waals surface area contributed by atoms with Gasteiger partial charge in [-0.15, -0.1) is 0 Å². The number of aryl methyl sites for hydroxylation is 1. The highest BCUT2D eigenvalue weighted by molar-refractivity contribution is 5.57. The molecule has 1 unspecified atom stereocenters. The van der Waals surface area contributed by atoms with Crippen LogP contribution >= 0.6 is 0 Å². The van der Waals surface area contributed by atoms with Crippen LogP contribution in [0.2, 0.25) is 0 Å². The zero-order chi connectivity index (χ0) is 22.8. The molecule has 1 aromatic carbocycles. The molecule has 0 bridgehead atoms. The first-order chi connectivity index (χ1) is 16.1. The lowest BCUT2D eigenvalue weighted by Gasteiger charge is -2.16. The van der Waals surface area contributed by atoms with E-state index in [1.54, 1.807) is 29.3 Å². The van der Waals surface area contributed by atoms with Gasteiger partial charge >= 0.3 is 0 Å². The molecular formula is C24H25N7O2. The zero-order valence-corrected chi connectivity index (χ0v) is 18.3. The average molecular weight is 444 g/mol. The van der Waals surface area contributed by atoms with E-state index in [2.05, 4.69) is 20.2 Å². The molecule has 5 rings (SSSR count). The second kappa shape index (κ2) is 8.95. The number of hydrogen-bond donors (Lipinski definition) is 1. The van der Waals surface area contributed by atoms with Gasteiger partial charge in [0.2, 0.25) is 0 Å². The molecule has 1 saturated carbocycles. The molecular weight excluding hydrogens is 418 g/mol. The molecule has 3 aromatic heterocycles. The van der Waals surface area contributed by atoms with E-state index in [0.717, 1.165) is 29.5 Å². The van der Waals surface area contributed by atoms with Crippen LogP contribution in [0.15, 0.2) is 66.0 Å². The van der Waals surface area contributed by atoms with E-state index >= 15 is 0 Å². The Morgan fingerprint density at radius 2 is 1.94 bits per heavy atom. The number of aromatic nitrogens is 6. The normalized spacial score (nSPS) is 14.2. The molecule has 168 valence electrons. The van der Waals surface area contributed by atoms with Crippen LogP contribution in [0.25, 0.3) is 22.6 Å². The highest BCUT2D eigenvalue weighted by atomic mass is 16.5. The molecule has 0 aliphatic heterocycles. The smallest absolute Gasteiger partial charge is 0.267 e. The summed E-state index contributed by atoms with van der Waals surface area (Å²) in [5.41, 5.74) is 8.97. The largest absolute Gasteiger partial charge is 0.486 e. The molecule has 0 amide bonds. The van der Waals surface area contributed by atoms with Gasteiger partial charge in [0.25, 0.3) is 5.56 Å². The van der Waals surface area contributed by atoms with Gasteiger partial charge in [0, 0.05) is 37.0 Å². The molecule has 0 radical (unpaired) electrons. The second-order valence-electron chi connectivity index (χ2n) is 8.29. The van der Waals surface area contributed by atoms with Gasteiger partial charge in [0.05, 0.1) is 30.8 Å². The van der Waals surface area contributed by atoms with Crippen molar-refractivity contribution in [2.45, 2.75) is 25.5 Å². The van der Waals surface area contributed by atoms with Crippen LogP contribution < -0.4 is 16.0 Å². The van der Waals surface area contributed by atoms with Gasteiger partial charge in [-0.3, -0.25) is 9.48 Å². The van der Waals surface area contributed by atoms with Crippen molar-refractivity contribution in [2.24, 2.45) is 18.7 Å². The Morgan fingerprint density at radius 3 is 2.64 bits per heavy atom. The highest BCUT2D eigenvalue weighted by Gasteiger charge is 2.32. The van der Waals surface area contributed by atoms with Crippen LogP contribution in [0.4, 0.5) is 0 Å². The first kappa shape index (κ1) is 21.0. The van der Waals surface area contributed by atoms with E-state index in [1.165, 1.54) is 10.7 Å². The quantitative estimate of drug-likeness (QED) is 0.444. The fourth-order valence-electron chi connectivity index (χ4n) is 3.76. The molecule has 9 heteroatoms. The Balaban J connectivity index is 1.34. The van der Waals surface area contributed by atoms with Crippen molar-refractivity contribution in [2.75, 3.05) is 6.54 Å². The Morgan fingerprint density at radius 1 is 1.12 bits per heavy atom. The van der Waals surface area contributed by atoms with Crippen molar-refractivity contribution < 1.29 is 4.74 Å². The van der Waals surface area contributed by atoms with Gasteiger partial charge in [-0.1, -0.05) is 18.2 Å². The van der Waals surface area contributed by atoms with E-state index in [-0.39, 0.29) is 11.7 Å². The maximum absolute atomic E-state index is 12.4. The molecule has 4 aromatic rings. The fourth-order valence-corrected chi connectivity index (χ4v) is 3.76. The van der Waals surface area contributed by atoms with Crippen molar-refractivity contribution in [3.05, 3.63) is 77.1 Å². The summed E-state index contributed by atoms with van der Waals surface area (Å²) in [6, 6.07) is 11.0. The highest BCUT2D eigenvalue weighted by Crippen LogP contribution is 2.34. The number of ether oxygens (including phenoxy) is 1. The van der Waals surface area contributed by atoms with Gasteiger partial charge in [0.1, 0.15) is 6.10 Å². The van der Waals surface area contributed by atoms with E-state index in [1.807, 2.05) is 37.5 Å². The topological polar surface area (TPSA) is 114 Å². The molecule has 0 saturated heterocycles.